The lowest BCUT2D eigenvalue weighted by Crippen LogP contribution is -2.30. The Labute approximate surface area is 56.6 Å². The molecule has 0 aromatic heterocycles. The molecule has 0 aromatic carbocycles. The predicted molar refractivity (Wildman–Crippen MR) is 37.9 cm³/mol. The Balaban J connectivity index is 3.26. The van der Waals surface area contributed by atoms with Crippen molar-refractivity contribution >= 4 is 5.91 Å². The number of hydrogen-bond acceptors (Lipinski definition) is 1. The minimum absolute atomic E-state index is 0.0457. The van der Waals surface area contributed by atoms with Crippen molar-refractivity contribution < 1.29 is 4.79 Å². The Kier molecular flexibility index (Phi) is 4.10. The van der Waals surface area contributed by atoms with E-state index in [4.69, 9.17) is 0 Å². The summed E-state index contributed by atoms with van der Waals surface area (Å²) in [5.41, 5.74) is 0. The normalized spacial score (nSPS) is 12.8. The molecule has 2 heteroatoms. The average Bonchev–Trinajstić information content (AvgIpc) is 1.63. The highest BCUT2D eigenvalue weighted by molar-refractivity contribution is 5.73. The zero-order valence-corrected chi connectivity index (χ0v) is 6.27. The smallest absolute Gasteiger partial charge is 0.217 e. The summed E-state index contributed by atoms with van der Waals surface area (Å²) in [5.74, 6) is 0.0457. The van der Waals surface area contributed by atoms with Gasteiger partial charge in [-0.15, -0.1) is 0 Å². The zero-order valence-electron chi connectivity index (χ0n) is 6.27. The lowest BCUT2D eigenvalue weighted by molar-refractivity contribution is -0.119. The van der Waals surface area contributed by atoms with Crippen molar-refractivity contribution in [3.63, 3.8) is 0 Å². The summed E-state index contributed by atoms with van der Waals surface area (Å²) >= 11 is 0. The van der Waals surface area contributed by atoms with Crippen LogP contribution in [0, 0.1) is 6.42 Å². The molecule has 0 saturated carbocycles. The van der Waals surface area contributed by atoms with Gasteiger partial charge in [-0.1, -0.05) is 6.92 Å². The SMILES string of the molecule is C[CH]CC(C)NC(C)=O. The van der Waals surface area contributed by atoms with Gasteiger partial charge in [0, 0.05) is 13.0 Å². The van der Waals surface area contributed by atoms with Gasteiger partial charge in [-0.3, -0.25) is 4.79 Å². The van der Waals surface area contributed by atoms with Crippen LogP contribution in [0.25, 0.3) is 0 Å². The van der Waals surface area contributed by atoms with E-state index in [1.807, 2.05) is 20.3 Å². The van der Waals surface area contributed by atoms with Crippen LogP contribution in [0.5, 0.6) is 0 Å². The number of amides is 1. The van der Waals surface area contributed by atoms with E-state index in [0.29, 0.717) is 0 Å². The van der Waals surface area contributed by atoms with Crippen molar-refractivity contribution in [1.82, 2.24) is 5.32 Å². The van der Waals surface area contributed by atoms with Crippen LogP contribution in [-0.4, -0.2) is 11.9 Å². The lowest BCUT2D eigenvalue weighted by atomic mass is 10.2. The summed E-state index contributed by atoms with van der Waals surface area (Å²) in [5, 5.41) is 2.77. The van der Waals surface area contributed by atoms with Gasteiger partial charge >= 0.3 is 0 Å². The first-order chi connectivity index (χ1) is 4.16. The molecule has 0 aliphatic rings. The quantitative estimate of drug-likeness (QED) is 0.606. The molecular weight excluding hydrogens is 114 g/mol. The van der Waals surface area contributed by atoms with Crippen molar-refractivity contribution in [3.05, 3.63) is 6.42 Å². The molecular formula is C7H14NO. The van der Waals surface area contributed by atoms with Gasteiger partial charge in [-0.25, -0.2) is 0 Å². The number of carbonyl (C=O) groups excluding carboxylic acids is 1. The maximum Gasteiger partial charge on any atom is 0.217 e. The Morgan fingerprint density at radius 3 is 2.67 bits per heavy atom. The van der Waals surface area contributed by atoms with Gasteiger partial charge in [-0.2, -0.15) is 0 Å². The number of nitrogens with one attached hydrogen (secondary N) is 1. The molecule has 2 nitrogen and oxygen atoms in total. The second-order valence-electron chi connectivity index (χ2n) is 2.25. The van der Waals surface area contributed by atoms with Crippen LogP contribution in [0.2, 0.25) is 0 Å². The van der Waals surface area contributed by atoms with Crippen LogP contribution in [0.3, 0.4) is 0 Å². The summed E-state index contributed by atoms with van der Waals surface area (Å²) in [6.07, 6.45) is 2.99. The van der Waals surface area contributed by atoms with E-state index in [-0.39, 0.29) is 11.9 Å². The van der Waals surface area contributed by atoms with Crippen molar-refractivity contribution in [1.29, 1.82) is 0 Å². The van der Waals surface area contributed by atoms with Gasteiger partial charge in [0.05, 0.1) is 0 Å². The summed E-state index contributed by atoms with van der Waals surface area (Å²) in [6.45, 7) is 5.51. The van der Waals surface area contributed by atoms with E-state index < -0.39 is 0 Å². The molecule has 1 radical (unpaired) electrons. The molecule has 0 aromatic rings. The van der Waals surface area contributed by atoms with Gasteiger partial charge < -0.3 is 5.32 Å². The summed E-state index contributed by atoms with van der Waals surface area (Å²) in [6, 6.07) is 0.285. The minimum Gasteiger partial charge on any atom is -0.354 e. The highest BCUT2D eigenvalue weighted by Gasteiger charge is 1.99. The molecule has 0 heterocycles. The molecule has 53 valence electrons. The number of carbonyl (C=O) groups is 1. The number of rotatable bonds is 3. The molecule has 0 aliphatic heterocycles. The predicted octanol–water partition coefficient (Wildman–Crippen LogP) is 1.13. The Morgan fingerprint density at radius 1 is 1.78 bits per heavy atom. The first kappa shape index (κ1) is 8.47. The van der Waals surface area contributed by atoms with Crippen LogP contribution in [0.1, 0.15) is 27.2 Å². The summed E-state index contributed by atoms with van der Waals surface area (Å²) in [7, 11) is 0. The van der Waals surface area contributed by atoms with E-state index in [1.165, 1.54) is 6.92 Å². The Morgan fingerprint density at radius 2 is 2.33 bits per heavy atom. The molecule has 0 fully saturated rings. The van der Waals surface area contributed by atoms with E-state index in [0.717, 1.165) is 6.42 Å². The fourth-order valence-corrected chi connectivity index (χ4v) is 0.759. The van der Waals surface area contributed by atoms with Crippen LogP contribution < -0.4 is 5.32 Å². The summed E-state index contributed by atoms with van der Waals surface area (Å²) in [4.78, 5) is 10.4. The minimum atomic E-state index is 0.0457. The first-order valence-corrected chi connectivity index (χ1v) is 3.21. The highest BCUT2D eigenvalue weighted by Crippen LogP contribution is 1.92. The van der Waals surface area contributed by atoms with Gasteiger partial charge in [0.15, 0.2) is 0 Å². The van der Waals surface area contributed by atoms with Gasteiger partial charge in [-0.05, 0) is 19.8 Å². The van der Waals surface area contributed by atoms with Gasteiger partial charge in [0.2, 0.25) is 5.91 Å². The summed E-state index contributed by atoms with van der Waals surface area (Å²) < 4.78 is 0. The maximum atomic E-state index is 10.4. The largest absolute Gasteiger partial charge is 0.354 e. The fourth-order valence-electron chi connectivity index (χ4n) is 0.759. The van der Waals surface area contributed by atoms with Crippen molar-refractivity contribution in [2.24, 2.45) is 0 Å². The zero-order chi connectivity index (χ0) is 7.28. The van der Waals surface area contributed by atoms with Gasteiger partial charge in [0.25, 0.3) is 0 Å². The van der Waals surface area contributed by atoms with E-state index in [2.05, 4.69) is 5.32 Å². The van der Waals surface area contributed by atoms with Crippen LogP contribution >= 0.6 is 0 Å². The molecule has 1 N–H and O–H groups in total. The topological polar surface area (TPSA) is 29.1 Å². The third-order valence-corrected chi connectivity index (χ3v) is 1.04. The molecule has 9 heavy (non-hydrogen) atoms. The molecule has 0 aliphatic carbocycles. The van der Waals surface area contributed by atoms with Crippen molar-refractivity contribution in [2.45, 2.75) is 33.2 Å². The van der Waals surface area contributed by atoms with Crippen LogP contribution in [0.15, 0.2) is 0 Å². The van der Waals surface area contributed by atoms with Crippen molar-refractivity contribution in [2.75, 3.05) is 0 Å². The van der Waals surface area contributed by atoms with Gasteiger partial charge in [0.1, 0.15) is 0 Å². The average molecular weight is 128 g/mol. The molecule has 0 saturated heterocycles. The third-order valence-electron chi connectivity index (χ3n) is 1.04. The van der Waals surface area contributed by atoms with Crippen LogP contribution in [0.4, 0.5) is 0 Å². The standard InChI is InChI=1S/C7H14NO/c1-4-5-6(2)8-7(3)9/h4,6H,5H2,1-3H3,(H,8,9). The molecule has 0 rings (SSSR count). The van der Waals surface area contributed by atoms with Crippen LogP contribution in [-0.2, 0) is 4.79 Å². The first-order valence-electron chi connectivity index (χ1n) is 3.21. The number of hydrogen-bond donors (Lipinski definition) is 1. The molecule has 1 atom stereocenters. The lowest BCUT2D eigenvalue weighted by Gasteiger charge is -2.09. The van der Waals surface area contributed by atoms with E-state index in [1.54, 1.807) is 0 Å². The molecule has 0 bridgehead atoms. The molecule has 1 amide bonds. The third kappa shape index (κ3) is 5.34. The fraction of sp³-hybridized carbons (Fsp3) is 0.714. The van der Waals surface area contributed by atoms with Crippen molar-refractivity contribution in [3.8, 4) is 0 Å². The van der Waals surface area contributed by atoms with E-state index in [9.17, 15) is 4.79 Å². The second kappa shape index (κ2) is 4.36. The monoisotopic (exact) mass is 128 g/mol. The maximum absolute atomic E-state index is 10.4. The Bertz CT molecular complexity index is 90.9. The highest BCUT2D eigenvalue weighted by atomic mass is 16.1. The molecule has 0 spiro atoms. The second-order valence-corrected chi connectivity index (χ2v) is 2.25. The Hall–Kier alpha value is -0.530. The molecule has 1 unspecified atom stereocenters. The van der Waals surface area contributed by atoms with E-state index >= 15 is 0 Å².